The number of hydrogen-bond acceptors (Lipinski definition) is 2. The quantitative estimate of drug-likeness (QED) is 0.858. The van der Waals surface area contributed by atoms with Gasteiger partial charge in [0.25, 0.3) is 0 Å². The van der Waals surface area contributed by atoms with Gasteiger partial charge in [-0.25, -0.2) is 8.78 Å². The number of aliphatic hydroxyl groups is 1. The van der Waals surface area contributed by atoms with E-state index in [9.17, 15) is 22.0 Å². The third-order valence-electron chi connectivity index (χ3n) is 2.65. The van der Waals surface area contributed by atoms with Crippen LogP contribution in [0, 0.1) is 11.6 Å². The third-order valence-corrected chi connectivity index (χ3v) is 2.65. The summed E-state index contributed by atoms with van der Waals surface area (Å²) in [5, 5.41) is 8.79. The molecule has 0 saturated carbocycles. The van der Waals surface area contributed by atoms with Crippen molar-refractivity contribution in [1.29, 1.82) is 0 Å². The molecule has 0 unspecified atom stereocenters. The van der Waals surface area contributed by atoms with Crippen molar-refractivity contribution in [1.82, 2.24) is 0 Å². The summed E-state index contributed by atoms with van der Waals surface area (Å²) >= 11 is 0. The lowest BCUT2D eigenvalue weighted by Crippen LogP contribution is -2.07. The highest BCUT2D eigenvalue weighted by Crippen LogP contribution is 2.39. The number of ether oxygens (including phenoxy) is 1. The fourth-order valence-electron chi connectivity index (χ4n) is 1.70. The Morgan fingerprint density at radius 1 is 1.00 bits per heavy atom. The molecule has 0 heterocycles. The van der Waals surface area contributed by atoms with Gasteiger partial charge in [-0.3, -0.25) is 0 Å². The lowest BCUT2D eigenvalue weighted by atomic mass is 10.2. The molecule has 0 bridgehead atoms. The van der Waals surface area contributed by atoms with Gasteiger partial charge in [-0.1, -0.05) is 12.1 Å². The fraction of sp³-hybridized carbons (Fsp3) is 0.143. The minimum absolute atomic E-state index is 0.0542. The second-order valence-electron chi connectivity index (χ2n) is 4.14. The predicted molar refractivity (Wildman–Crippen MR) is 63.8 cm³/mol. The average molecular weight is 304 g/mol. The predicted octanol–water partition coefficient (Wildman–Crippen LogP) is 4.27. The first kappa shape index (κ1) is 15.2. The lowest BCUT2D eigenvalue weighted by molar-refractivity contribution is -0.138. The van der Waals surface area contributed by atoms with Crippen LogP contribution in [0.4, 0.5) is 22.0 Å². The molecule has 1 N–H and O–H groups in total. The van der Waals surface area contributed by atoms with Crippen molar-refractivity contribution in [2.75, 3.05) is 0 Å². The van der Waals surface area contributed by atoms with E-state index in [1.165, 1.54) is 6.07 Å². The Labute approximate surface area is 116 Å². The molecule has 0 aliphatic rings. The molecule has 2 aromatic carbocycles. The van der Waals surface area contributed by atoms with E-state index in [0.29, 0.717) is 0 Å². The number of benzene rings is 2. The van der Waals surface area contributed by atoms with Gasteiger partial charge in [0, 0.05) is 0 Å². The van der Waals surface area contributed by atoms with Crippen LogP contribution in [0.5, 0.6) is 11.5 Å². The summed E-state index contributed by atoms with van der Waals surface area (Å²) in [6.45, 7) is -0.604. The van der Waals surface area contributed by atoms with Crippen LogP contribution in [0.2, 0.25) is 0 Å². The van der Waals surface area contributed by atoms with Crippen LogP contribution >= 0.6 is 0 Å². The normalized spacial score (nSPS) is 11.5. The van der Waals surface area contributed by atoms with Crippen molar-refractivity contribution in [3.05, 3.63) is 59.2 Å². The highest BCUT2D eigenvalue weighted by molar-refractivity contribution is 5.41. The van der Waals surface area contributed by atoms with Gasteiger partial charge in [0.05, 0.1) is 12.2 Å². The molecule has 2 rings (SSSR count). The number of halogens is 5. The molecule has 7 heteroatoms. The molecule has 0 aromatic heterocycles. The van der Waals surface area contributed by atoms with E-state index in [1.807, 2.05) is 0 Å². The first-order valence-electron chi connectivity index (χ1n) is 5.75. The second-order valence-corrected chi connectivity index (χ2v) is 4.14. The van der Waals surface area contributed by atoms with Crippen LogP contribution in [-0.4, -0.2) is 5.11 Å². The zero-order valence-electron chi connectivity index (χ0n) is 10.4. The number of hydrogen-bond donors (Lipinski definition) is 1. The molecule has 21 heavy (non-hydrogen) atoms. The van der Waals surface area contributed by atoms with Crippen molar-refractivity contribution in [3.63, 3.8) is 0 Å². The summed E-state index contributed by atoms with van der Waals surface area (Å²) in [4.78, 5) is 0. The topological polar surface area (TPSA) is 29.5 Å². The van der Waals surface area contributed by atoms with Gasteiger partial charge in [0.1, 0.15) is 5.75 Å². The van der Waals surface area contributed by atoms with Crippen molar-refractivity contribution in [2.24, 2.45) is 0 Å². The van der Waals surface area contributed by atoms with Crippen LogP contribution in [0.15, 0.2) is 36.4 Å². The maximum atomic E-state index is 13.7. The molecule has 0 saturated heterocycles. The summed E-state index contributed by atoms with van der Waals surface area (Å²) in [7, 11) is 0. The molecule has 0 spiro atoms. The molecule has 0 radical (unpaired) electrons. The molecule has 0 aliphatic carbocycles. The SMILES string of the molecule is OCc1cc(F)c(Oc2ccccc2C(F)(F)F)c(F)c1. The van der Waals surface area contributed by atoms with Crippen LogP contribution in [0.25, 0.3) is 0 Å². The minimum atomic E-state index is -4.71. The second kappa shape index (κ2) is 5.69. The van der Waals surface area contributed by atoms with E-state index in [0.717, 1.165) is 30.3 Å². The van der Waals surface area contributed by atoms with Crippen molar-refractivity contribution < 1.29 is 31.8 Å². The van der Waals surface area contributed by atoms with Crippen LogP contribution < -0.4 is 4.74 Å². The molecule has 0 aliphatic heterocycles. The monoisotopic (exact) mass is 304 g/mol. The maximum absolute atomic E-state index is 13.7. The summed E-state index contributed by atoms with van der Waals surface area (Å²) < 4.78 is 70.4. The minimum Gasteiger partial charge on any atom is -0.451 e. The number of para-hydroxylation sites is 1. The highest BCUT2D eigenvalue weighted by Gasteiger charge is 2.34. The van der Waals surface area contributed by atoms with Gasteiger partial charge < -0.3 is 9.84 Å². The molecule has 0 fully saturated rings. The van der Waals surface area contributed by atoms with Gasteiger partial charge in [-0.05, 0) is 29.8 Å². The van der Waals surface area contributed by atoms with E-state index in [4.69, 9.17) is 9.84 Å². The first-order chi connectivity index (χ1) is 9.82. The molecule has 0 atom stereocenters. The summed E-state index contributed by atoms with van der Waals surface area (Å²) in [5.74, 6) is -4.06. The summed E-state index contributed by atoms with van der Waals surface area (Å²) in [6.07, 6.45) is -4.71. The zero-order chi connectivity index (χ0) is 15.6. The van der Waals surface area contributed by atoms with Crippen LogP contribution in [0.1, 0.15) is 11.1 Å². The Morgan fingerprint density at radius 2 is 1.57 bits per heavy atom. The van der Waals surface area contributed by atoms with E-state index in [1.54, 1.807) is 0 Å². The Kier molecular flexibility index (Phi) is 4.13. The van der Waals surface area contributed by atoms with Gasteiger partial charge in [0.15, 0.2) is 17.4 Å². The average Bonchev–Trinajstić information content (AvgIpc) is 2.42. The van der Waals surface area contributed by atoms with Crippen molar-refractivity contribution in [3.8, 4) is 11.5 Å². The summed E-state index contributed by atoms with van der Waals surface area (Å²) in [5.41, 5.74) is -1.20. The molecule has 112 valence electrons. The van der Waals surface area contributed by atoms with Crippen LogP contribution in [-0.2, 0) is 12.8 Å². The first-order valence-corrected chi connectivity index (χ1v) is 5.75. The van der Waals surface area contributed by atoms with Crippen molar-refractivity contribution in [2.45, 2.75) is 12.8 Å². The van der Waals surface area contributed by atoms with Gasteiger partial charge in [-0.2, -0.15) is 13.2 Å². The molecule has 2 nitrogen and oxygen atoms in total. The van der Waals surface area contributed by atoms with Gasteiger partial charge in [-0.15, -0.1) is 0 Å². The van der Waals surface area contributed by atoms with Crippen molar-refractivity contribution >= 4 is 0 Å². The molecular weight excluding hydrogens is 295 g/mol. The standard InChI is InChI=1S/C14H9F5O2/c15-10-5-8(7-20)6-11(16)13(10)21-12-4-2-1-3-9(12)14(17,18)19/h1-6,20H,7H2. The maximum Gasteiger partial charge on any atom is 0.419 e. The van der Waals surface area contributed by atoms with E-state index >= 15 is 0 Å². The molecule has 0 amide bonds. The van der Waals surface area contributed by atoms with E-state index in [2.05, 4.69) is 0 Å². The largest absolute Gasteiger partial charge is 0.451 e. The van der Waals surface area contributed by atoms with Gasteiger partial charge in [0.2, 0.25) is 0 Å². The molecule has 2 aromatic rings. The number of alkyl halides is 3. The Hall–Kier alpha value is -2.15. The number of aliphatic hydroxyl groups excluding tert-OH is 1. The third kappa shape index (κ3) is 3.30. The van der Waals surface area contributed by atoms with Crippen LogP contribution in [0.3, 0.4) is 0 Å². The number of rotatable bonds is 3. The smallest absolute Gasteiger partial charge is 0.419 e. The summed E-state index contributed by atoms with van der Waals surface area (Å²) in [6, 6.07) is 5.66. The zero-order valence-corrected chi connectivity index (χ0v) is 10.4. The molecular formula is C14H9F5O2. The fourth-order valence-corrected chi connectivity index (χ4v) is 1.70. The highest BCUT2D eigenvalue weighted by atomic mass is 19.4. The lowest BCUT2D eigenvalue weighted by Gasteiger charge is -2.14. The van der Waals surface area contributed by atoms with E-state index < -0.39 is 41.5 Å². The van der Waals surface area contributed by atoms with E-state index in [-0.39, 0.29) is 5.56 Å². The Bertz CT molecular complexity index is 629. The van der Waals surface area contributed by atoms with Gasteiger partial charge >= 0.3 is 6.18 Å². The Balaban J connectivity index is 2.44. The Morgan fingerprint density at radius 3 is 2.10 bits per heavy atom.